The molecular weight excluding hydrogens is 291 g/mol. The molecule has 6 nitrogen and oxygen atoms in total. The summed E-state index contributed by atoms with van der Waals surface area (Å²) in [6.07, 6.45) is -4.51. The number of carbonyl (C=O) groups is 1. The van der Waals surface area contributed by atoms with Crippen LogP contribution in [-0.2, 0) is 6.18 Å². The third-order valence-electron chi connectivity index (χ3n) is 2.62. The van der Waals surface area contributed by atoms with Crippen molar-refractivity contribution in [2.45, 2.75) is 13.1 Å². The van der Waals surface area contributed by atoms with Crippen LogP contribution in [0.4, 0.5) is 13.2 Å². The van der Waals surface area contributed by atoms with Gasteiger partial charge in [0.05, 0.1) is 11.3 Å². The minimum atomic E-state index is -4.51. The standard InChI is InChI=1S/C12H10F3N3O3/c1-6-9(10(19)18-20)11(17-16-6)21-8-4-2-3-7(5-8)12(13,14)15/h2-5,20H,1H3,(H,16,17)(H,18,19). The number of aryl methyl sites for hydroxylation is 1. The predicted molar refractivity (Wildman–Crippen MR) is 64.1 cm³/mol. The van der Waals surface area contributed by atoms with Gasteiger partial charge in [-0.15, -0.1) is 0 Å². The van der Waals surface area contributed by atoms with Gasteiger partial charge in [-0.2, -0.15) is 18.3 Å². The lowest BCUT2D eigenvalue weighted by atomic mass is 10.2. The molecular formula is C12H10F3N3O3. The van der Waals surface area contributed by atoms with E-state index in [1.807, 2.05) is 0 Å². The number of hydrogen-bond donors (Lipinski definition) is 3. The summed E-state index contributed by atoms with van der Waals surface area (Å²) in [4.78, 5) is 11.5. The SMILES string of the molecule is Cc1n[nH]c(Oc2cccc(C(F)(F)F)c2)c1C(=O)NO. The second-order valence-corrected chi connectivity index (χ2v) is 4.08. The number of hydrogen-bond acceptors (Lipinski definition) is 4. The third-order valence-corrected chi connectivity index (χ3v) is 2.62. The fourth-order valence-corrected chi connectivity index (χ4v) is 1.66. The number of amides is 1. The molecule has 2 rings (SSSR count). The molecule has 0 saturated heterocycles. The molecule has 1 amide bonds. The normalized spacial score (nSPS) is 11.3. The summed E-state index contributed by atoms with van der Waals surface area (Å²) in [5, 5.41) is 14.7. The fourth-order valence-electron chi connectivity index (χ4n) is 1.66. The minimum Gasteiger partial charge on any atom is -0.439 e. The number of nitrogens with one attached hydrogen (secondary N) is 2. The fraction of sp³-hybridized carbons (Fsp3) is 0.167. The van der Waals surface area contributed by atoms with Crippen LogP contribution in [0.1, 0.15) is 21.6 Å². The van der Waals surface area contributed by atoms with E-state index in [0.29, 0.717) is 0 Å². The Morgan fingerprint density at radius 2 is 2.14 bits per heavy atom. The smallest absolute Gasteiger partial charge is 0.416 e. The Hall–Kier alpha value is -2.55. The van der Waals surface area contributed by atoms with Crippen molar-refractivity contribution in [2.75, 3.05) is 0 Å². The Labute approximate surface area is 116 Å². The van der Waals surface area contributed by atoms with Crippen molar-refractivity contribution in [1.82, 2.24) is 15.7 Å². The van der Waals surface area contributed by atoms with E-state index >= 15 is 0 Å². The molecule has 0 aliphatic heterocycles. The molecule has 1 aromatic carbocycles. The van der Waals surface area contributed by atoms with Crippen LogP contribution in [0.5, 0.6) is 11.6 Å². The van der Waals surface area contributed by atoms with Gasteiger partial charge in [0.2, 0.25) is 5.88 Å². The van der Waals surface area contributed by atoms with Gasteiger partial charge in [-0.25, -0.2) is 10.6 Å². The second kappa shape index (κ2) is 5.44. The van der Waals surface area contributed by atoms with Crippen LogP contribution in [-0.4, -0.2) is 21.3 Å². The van der Waals surface area contributed by atoms with E-state index in [1.165, 1.54) is 24.5 Å². The lowest BCUT2D eigenvalue weighted by Crippen LogP contribution is -2.19. The number of hydroxylamine groups is 1. The molecule has 2 aromatic rings. The van der Waals surface area contributed by atoms with Gasteiger partial charge in [0.15, 0.2) is 0 Å². The molecule has 0 atom stereocenters. The first-order valence-electron chi connectivity index (χ1n) is 5.67. The molecule has 0 radical (unpaired) electrons. The van der Waals surface area contributed by atoms with Gasteiger partial charge in [-0.3, -0.25) is 10.0 Å². The van der Waals surface area contributed by atoms with E-state index in [9.17, 15) is 18.0 Å². The van der Waals surface area contributed by atoms with E-state index in [4.69, 9.17) is 9.94 Å². The molecule has 0 aliphatic carbocycles. The molecule has 1 aromatic heterocycles. The maximum Gasteiger partial charge on any atom is 0.416 e. The highest BCUT2D eigenvalue weighted by molar-refractivity contribution is 5.96. The first-order chi connectivity index (χ1) is 9.82. The topological polar surface area (TPSA) is 87.2 Å². The van der Waals surface area contributed by atoms with E-state index in [1.54, 1.807) is 0 Å². The van der Waals surface area contributed by atoms with Crippen molar-refractivity contribution < 1.29 is 27.9 Å². The number of H-pyrrole nitrogens is 1. The van der Waals surface area contributed by atoms with Gasteiger partial charge in [0.25, 0.3) is 5.91 Å². The summed E-state index contributed by atoms with van der Waals surface area (Å²) in [6, 6.07) is 4.16. The molecule has 9 heteroatoms. The summed E-state index contributed by atoms with van der Waals surface area (Å²) in [5.41, 5.74) is 0.650. The quantitative estimate of drug-likeness (QED) is 0.601. The molecule has 3 N–H and O–H groups in total. The second-order valence-electron chi connectivity index (χ2n) is 4.08. The monoisotopic (exact) mass is 301 g/mol. The number of ether oxygens (including phenoxy) is 1. The zero-order valence-electron chi connectivity index (χ0n) is 10.7. The summed E-state index contributed by atoms with van der Waals surface area (Å²) in [5.74, 6) is -1.18. The molecule has 0 fully saturated rings. The molecule has 21 heavy (non-hydrogen) atoms. The molecule has 112 valence electrons. The first kappa shape index (κ1) is 14.9. The number of alkyl halides is 3. The highest BCUT2D eigenvalue weighted by Crippen LogP contribution is 2.33. The summed E-state index contributed by atoms with van der Waals surface area (Å²) in [7, 11) is 0. The highest BCUT2D eigenvalue weighted by Gasteiger charge is 2.31. The predicted octanol–water partition coefficient (Wildman–Crippen LogP) is 2.65. The summed E-state index contributed by atoms with van der Waals surface area (Å²) < 4.78 is 43.0. The molecule has 0 bridgehead atoms. The number of rotatable bonds is 3. The Kier molecular flexibility index (Phi) is 3.85. The van der Waals surface area contributed by atoms with Crippen LogP contribution in [0, 0.1) is 6.92 Å². The molecule has 0 aliphatic rings. The molecule has 1 heterocycles. The molecule has 0 saturated carbocycles. The molecule has 0 unspecified atom stereocenters. The summed E-state index contributed by atoms with van der Waals surface area (Å²) >= 11 is 0. The lowest BCUT2D eigenvalue weighted by molar-refractivity contribution is -0.137. The van der Waals surface area contributed by atoms with E-state index in [0.717, 1.165) is 12.1 Å². The van der Waals surface area contributed by atoms with Gasteiger partial charge >= 0.3 is 6.18 Å². The van der Waals surface area contributed by atoms with Crippen LogP contribution in [0.25, 0.3) is 0 Å². The Morgan fingerprint density at radius 1 is 1.43 bits per heavy atom. The Morgan fingerprint density at radius 3 is 2.76 bits per heavy atom. The van der Waals surface area contributed by atoms with Crippen LogP contribution in [0.15, 0.2) is 24.3 Å². The molecule has 0 spiro atoms. The maximum absolute atomic E-state index is 12.6. The number of aromatic amines is 1. The van der Waals surface area contributed by atoms with Gasteiger partial charge < -0.3 is 4.74 Å². The van der Waals surface area contributed by atoms with Crippen molar-refractivity contribution in [1.29, 1.82) is 0 Å². The van der Waals surface area contributed by atoms with Crippen LogP contribution in [0.3, 0.4) is 0 Å². The van der Waals surface area contributed by atoms with Gasteiger partial charge in [-0.05, 0) is 25.1 Å². The van der Waals surface area contributed by atoms with Crippen LogP contribution >= 0.6 is 0 Å². The zero-order valence-corrected chi connectivity index (χ0v) is 10.7. The average molecular weight is 301 g/mol. The van der Waals surface area contributed by atoms with Gasteiger partial charge in [0, 0.05) is 0 Å². The number of nitrogens with zero attached hydrogens (tertiary/aromatic N) is 1. The average Bonchev–Trinajstić information content (AvgIpc) is 2.78. The van der Waals surface area contributed by atoms with Crippen molar-refractivity contribution in [3.8, 4) is 11.6 Å². The van der Waals surface area contributed by atoms with Gasteiger partial charge in [-0.1, -0.05) is 6.07 Å². The lowest BCUT2D eigenvalue weighted by Gasteiger charge is -2.09. The van der Waals surface area contributed by atoms with E-state index in [-0.39, 0.29) is 22.9 Å². The van der Waals surface area contributed by atoms with Crippen molar-refractivity contribution >= 4 is 5.91 Å². The number of carbonyl (C=O) groups excluding carboxylic acids is 1. The number of benzene rings is 1. The minimum absolute atomic E-state index is 0.102. The van der Waals surface area contributed by atoms with Crippen molar-refractivity contribution in [3.05, 3.63) is 41.1 Å². The number of aromatic nitrogens is 2. The van der Waals surface area contributed by atoms with E-state index in [2.05, 4.69) is 10.2 Å². The Bertz CT molecular complexity index is 667. The van der Waals surface area contributed by atoms with Crippen molar-refractivity contribution in [3.63, 3.8) is 0 Å². The maximum atomic E-state index is 12.6. The first-order valence-corrected chi connectivity index (χ1v) is 5.67. The van der Waals surface area contributed by atoms with E-state index < -0.39 is 17.6 Å². The highest BCUT2D eigenvalue weighted by atomic mass is 19.4. The zero-order chi connectivity index (χ0) is 15.6. The van der Waals surface area contributed by atoms with Gasteiger partial charge in [0.1, 0.15) is 11.3 Å². The van der Waals surface area contributed by atoms with Crippen molar-refractivity contribution in [2.24, 2.45) is 0 Å². The number of halogens is 3. The third kappa shape index (κ3) is 3.14. The largest absolute Gasteiger partial charge is 0.439 e. The van der Waals surface area contributed by atoms with Crippen LogP contribution < -0.4 is 10.2 Å². The van der Waals surface area contributed by atoms with Crippen LogP contribution in [0.2, 0.25) is 0 Å². The Balaban J connectivity index is 2.33. The summed E-state index contributed by atoms with van der Waals surface area (Å²) in [6.45, 7) is 1.47.